The molecule has 2 aromatic rings. The van der Waals surface area contributed by atoms with Gasteiger partial charge in [0, 0.05) is 25.0 Å². The summed E-state index contributed by atoms with van der Waals surface area (Å²) in [5, 5.41) is 0.558. The number of hydrogen-bond acceptors (Lipinski definition) is 4. The van der Waals surface area contributed by atoms with Crippen molar-refractivity contribution in [3.63, 3.8) is 0 Å². The summed E-state index contributed by atoms with van der Waals surface area (Å²) in [7, 11) is -3.51. The van der Waals surface area contributed by atoms with Crippen LogP contribution in [0, 0.1) is 0 Å². The zero-order valence-corrected chi connectivity index (χ0v) is 15.4. The van der Waals surface area contributed by atoms with Gasteiger partial charge in [-0.25, -0.2) is 13.4 Å². The number of rotatable bonds is 5. The van der Waals surface area contributed by atoms with Crippen LogP contribution in [0.25, 0.3) is 0 Å². The quantitative estimate of drug-likeness (QED) is 0.704. The van der Waals surface area contributed by atoms with Crippen molar-refractivity contribution in [3.05, 3.63) is 53.7 Å². The molecular weight excluding hydrogens is 385 g/mol. The minimum absolute atomic E-state index is 0.141. The van der Waals surface area contributed by atoms with E-state index in [1.54, 1.807) is 12.1 Å². The fourth-order valence-corrected chi connectivity index (χ4v) is 4.93. The molecule has 2 heterocycles. The highest BCUT2D eigenvalue weighted by molar-refractivity contribution is 7.98. The molecule has 1 aliphatic heterocycles. The molecule has 0 saturated carbocycles. The molecule has 1 aliphatic rings. The Morgan fingerprint density at radius 3 is 2.46 bits per heavy atom. The molecule has 0 spiro atoms. The molecule has 9 heteroatoms. The van der Waals surface area contributed by atoms with E-state index in [9.17, 15) is 21.6 Å². The molecular formula is C17H17F3N2O2S2. The number of hydrogen-bond donors (Lipinski definition) is 0. The molecule has 1 aromatic heterocycles. The first kappa shape index (κ1) is 19.2. The van der Waals surface area contributed by atoms with Gasteiger partial charge >= 0.3 is 6.18 Å². The van der Waals surface area contributed by atoms with Crippen molar-refractivity contribution in [2.45, 2.75) is 34.7 Å². The van der Waals surface area contributed by atoms with E-state index in [0.29, 0.717) is 29.4 Å². The Balaban J connectivity index is 1.67. The van der Waals surface area contributed by atoms with E-state index in [1.165, 1.54) is 34.4 Å². The van der Waals surface area contributed by atoms with Gasteiger partial charge in [-0.15, -0.1) is 11.8 Å². The lowest BCUT2D eigenvalue weighted by molar-refractivity contribution is -0.137. The van der Waals surface area contributed by atoms with Crippen molar-refractivity contribution >= 4 is 21.8 Å². The highest BCUT2D eigenvalue weighted by Crippen LogP contribution is 2.31. The molecule has 0 N–H and O–H groups in total. The predicted octanol–water partition coefficient (Wildman–Crippen LogP) is 4.18. The van der Waals surface area contributed by atoms with Gasteiger partial charge < -0.3 is 0 Å². The standard InChI is InChI=1S/C17H17F3N2O2S2/c18-17(19,20)14-5-3-4-13(10-14)12-25-16-7-6-15(11-21-16)26(23,24)22-8-1-2-9-22/h3-7,10-11H,1-2,8-9,12H2. The number of sulfonamides is 1. The third-order valence-electron chi connectivity index (χ3n) is 4.05. The molecule has 3 rings (SSSR count). The highest BCUT2D eigenvalue weighted by Gasteiger charge is 2.30. The Bertz CT molecular complexity index is 862. The summed E-state index contributed by atoms with van der Waals surface area (Å²) in [6.45, 7) is 1.04. The van der Waals surface area contributed by atoms with Crippen LogP contribution in [0.3, 0.4) is 0 Å². The summed E-state index contributed by atoms with van der Waals surface area (Å²) < 4.78 is 64.5. The molecule has 1 saturated heterocycles. The van der Waals surface area contributed by atoms with Crippen molar-refractivity contribution < 1.29 is 21.6 Å². The zero-order chi connectivity index (χ0) is 18.8. The number of halogens is 3. The number of benzene rings is 1. The second kappa shape index (κ2) is 7.58. The minimum atomic E-state index is -4.37. The van der Waals surface area contributed by atoms with Crippen LogP contribution in [0.2, 0.25) is 0 Å². The average molecular weight is 402 g/mol. The SMILES string of the molecule is O=S(=O)(c1ccc(SCc2cccc(C(F)(F)F)c2)nc1)N1CCCC1. The highest BCUT2D eigenvalue weighted by atomic mass is 32.2. The van der Waals surface area contributed by atoms with Crippen molar-refractivity contribution in [2.75, 3.05) is 13.1 Å². The first-order chi connectivity index (χ1) is 12.3. The molecule has 0 aliphatic carbocycles. The van der Waals surface area contributed by atoms with Gasteiger partial charge in [0.25, 0.3) is 0 Å². The summed E-state index contributed by atoms with van der Waals surface area (Å²) in [5.74, 6) is 0.315. The van der Waals surface area contributed by atoms with Crippen LogP contribution in [-0.2, 0) is 22.0 Å². The van der Waals surface area contributed by atoms with E-state index in [4.69, 9.17) is 0 Å². The van der Waals surface area contributed by atoms with Gasteiger partial charge in [-0.3, -0.25) is 0 Å². The Kier molecular flexibility index (Phi) is 5.59. The third-order valence-corrected chi connectivity index (χ3v) is 6.95. The summed E-state index contributed by atoms with van der Waals surface area (Å²) >= 11 is 1.26. The third kappa shape index (κ3) is 4.39. The maximum absolute atomic E-state index is 12.7. The van der Waals surface area contributed by atoms with Crippen LogP contribution in [0.4, 0.5) is 13.2 Å². The van der Waals surface area contributed by atoms with Crippen LogP contribution in [0.5, 0.6) is 0 Å². The topological polar surface area (TPSA) is 50.3 Å². The molecule has 0 bridgehead atoms. The first-order valence-electron chi connectivity index (χ1n) is 8.02. The summed E-state index contributed by atoms with van der Waals surface area (Å²) in [4.78, 5) is 4.28. The number of thioether (sulfide) groups is 1. The molecule has 1 fully saturated rings. The number of nitrogens with zero attached hydrogens (tertiary/aromatic N) is 2. The lowest BCUT2D eigenvalue weighted by atomic mass is 10.1. The first-order valence-corrected chi connectivity index (χ1v) is 10.4. The van der Waals surface area contributed by atoms with Gasteiger partial charge in [0.05, 0.1) is 10.6 Å². The smallest absolute Gasteiger partial charge is 0.249 e. The maximum Gasteiger partial charge on any atom is 0.416 e. The van der Waals surface area contributed by atoms with Gasteiger partial charge in [-0.1, -0.05) is 18.2 Å². The summed E-state index contributed by atoms with van der Waals surface area (Å²) in [6.07, 6.45) is -1.35. The Morgan fingerprint density at radius 2 is 1.85 bits per heavy atom. The molecule has 1 aromatic carbocycles. The normalized spacial score (nSPS) is 16.1. The van der Waals surface area contributed by atoms with Crippen LogP contribution in [-0.4, -0.2) is 30.8 Å². The fourth-order valence-electron chi connectivity index (χ4n) is 2.68. The number of pyridine rings is 1. The largest absolute Gasteiger partial charge is 0.416 e. The molecule has 4 nitrogen and oxygen atoms in total. The molecule has 0 unspecified atom stereocenters. The molecule has 0 amide bonds. The molecule has 0 radical (unpaired) electrons. The van der Waals surface area contributed by atoms with Crippen molar-refractivity contribution in [2.24, 2.45) is 0 Å². The average Bonchev–Trinajstić information content (AvgIpc) is 3.15. The van der Waals surface area contributed by atoms with E-state index >= 15 is 0 Å². The van der Waals surface area contributed by atoms with E-state index in [0.717, 1.165) is 25.0 Å². The lowest BCUT2D eigenvalue weighted by Crippen LogP contribution is -2.27. The summed E-state index contributed by atoms with van der Waals surface area (Å²) in [6, 6.07) is 8.21. The fraction of sp³-hybridized carbons (Fsp3) is 0.353. The second-order valence-electron chi connectivity index (χ2n) is 5.93. The Labute approximate surface area is 154 Å². The van der Waals surface area contributed by atoms with E-state index in [-0.39, 0.29) is 4.90 Å². The van der Waals surface area contributed by atoms with Crippen molar-refractivity contribution in [3.8, 4) is 0 Å². The van der Waals surface area contributed by atoms with E-state index in [1.807, 2.05) is 0 Å². The molecule has 26 heavy (non-hydrogen) atoms. The van der Waals surface area contributed by atoms with Gasteiger partial charge in [-0.05, 0) is 36.6 Å². The summed E-state index contributed by atoms with van der Waals surface area (Å²) in [5.41, 5.74) is -0.156. The van der Waals surface area contributed by atoms with Gasteiger partial charge in [-0.2, -0.15) is 17.5 Å². The van der Waals surface area contributed by atoms with Crippen LogP contribution in [0.1, 0.15) is 24.0 Å². The van der Waals surface area contributed by atoms with E-state index < -0.39 is 21.8 Å². The second-order valence-corrected chi connectivity index (χ2v) is 8.86. The Hall–Kier alpha value is -1.58. The maximum atomic E-state index is 12.7. The van der Waals surface area contributed by atoms with Crippen LogP contribution in [0.15, 0.2) is 52.5 Å². The van der Waals surface area contributed by atoms with Crippen LogP contribution >= 0.6 is 11.8 Å². The number of alkyl halides is 3. The zero-order valence-electron chi connectivity index (χ0n) is 13.7. The monoisotopic (exact) mass is 402 g/mol. The minimum Gasteiger partial charge on any atom is -0.249 e. The molecule has 140 valence electrons. The van der Waals surface area contributed by atoms with Gasteiger partial charge in [0.1, 0.15) is 4.90 Å². The Morgan fingerprint density at radius 1 is 1.12 bits per heavy atom. The van der Waals surface area contributed by atoms with Gasteiger partial charge in [0.2, 0.25) is 10.0 Å². The number of aromatic nitrogens is 1. The van der Waals surface area contributed by atoms with Crippen LogP contribution < -0.4 is 0 Å². The van der Waals surface area contributed by atoms with Crippen molar-refractivity contribution in [1.29, 1.82) is 0 Å². The predicted molar refractivity (Wildman–Crippen MR) is 93.2 cm³/mol. The van der Waals surface area contributed by atoms with Gasteiger partial charge in [0.15, 0.2) is 0 Å². The van der Waals surface area contributed by atoms with E-state index in [2.05, 4.69) is 4.98 Å². The van der Waals surface area contributed by atoms with Crippen molar-refractivity contribution in [1.82, 2.24) is 9.29 Å². The lowest BCUT2D eigenvalue weighted by Gasteiger charge is -2.15. The molecule has 0 atom stereocenters.